The van der Waals surface area contributed by atoms with Crippen LogP contribution in [0.5, 0.6) is 0 Å². The molecule has 1 fully saturated rings. The lowest BCUT2D eigenvalue weighted by atomic mass is 10.0. The van der Waals surface area contributed by atoms with Gasteiger partial charge >= 0.3 is 0 Å². The molecular weight excluding hydrogens is 206 g/mol. The molecule has 0 bridgehead atoms. The second-order valence-corrected chi connectivity index (χ2v) is 4.86. The van der Waals surface area contributed by atoms with Gasteiger partial charge in [0, 0.05) is 26.1 Å². The number of hydrogen-bond acceptors (Lipinski definition) is 3. The van der Waals surface area contributed by atoms with E-state index in [4.69, 9.17) is 0 Å². The molecule has 16 heavy (non-hydrogen) atoms. The van der Waals surface area contributed by atoms with Crippen LogP contribution in [0.2, 0.25) is 0 Å². The lowest BCUT2D eigenvalue weighted by molar-refractivity contribution is -0.134. The molecule has 0 aromatic carbocycles. The summed E-state index contributed by atoms with van der Waals surface area (Å²) in [5.74, 6) is 0.126. The van der Waals surface area contributed by atoms with Gasteiger partial charge in [-0.2, -0.15) is 0 Å². The molecular formula is C11H21N3O2. The molecule has 1 aliphatic rings. The van der Waals surface area contributed by atoms with Crippen LogP contribution in [-0.4, -0.2) is 48.9 Å². The van der Waals surface area contributed by atoms with Crippen molar-refractivity contribution in [3.05, 3.63) is 0 Å². The monoisotopic (exact) mass is 227 g/mol. The fourth-order valence-corrected chi connectivity index (χ4v) is 1.61. The molecule has 0 aliphatic carbocycles. The maximum atomic E-state index is 11.9. The first-order valence-corrected chi connectivity index (χ1v) is 5.60. The highest BCUT2D eigenvalue weighted by Gasteiger charge is 2.30. The van der Waals surface area contributed by atoms with Crippen LogP contribution in [0.3, 0.4) is 0 Å². The fourth-order valence-electron chi connectivity index (χ4n) is 1.61. The average Bonchev–Trinajstić information content (AvgIpc) is 2.23. The molecule has 92 valence electrons. The van der Waals surface area contributed by atoms with E-state index in [0.29, 0.717) is 13.0 Å². The molecule has 0 saturated carbocycles. The van der Waals surface area contributed by atoms with Crippen molar-refractivity contribution >= 4 is 11.8 Å². The van der Waals surface area contributed by atoms with Gasteiger partial charge in [0.05, 0.1) is 5.54 Å². The molecule has 0 aromatic rings. The summed E-state index contributed by atoms with van der Waals surface area (Å²) in [6.45, 7) is 4.27. The Kier molecular flexibility index (Phi) is 3.91. The van der Waals surface area contributed by atoms with Gasteiger partial charge in [-0.3, -0.25) is 9.59 Å². The molecule has 5 nitrogen and oxygen atoms in total. The number of carbonyl (C=O) groups excluding carboxylic acids is 2. The van der Waals surface area contributed by atoms with Gasteiger partial charge in [0.25, 0.3) is 0 Å². The number of carbonyl (C=O) groups is 2. The van der Waals surface area contributed by atoms with E-state index in [0.717, 1.165) is 6.42 Å². The second kappa shape index (κ2) is 4.82. The molecule has 1 heterocycles. The molecule has 1 unspecified atom stereocenters. The number of hydrogen-bond donors (Lipinski definition) is 2. The zero-order valence-electron chi connectivity index (χ0n) is 10.5. The summed E-state index contributed by atoms with van der Waals surface area (Å²) in [6.07, 6.45) is 1.25. The van der Waals surface area contributed by atoms with E-state index in [-0.39, 0.29) is 17.9 Å². The third kappa shape index (κ3) is 2.95. The Hall–Kier alpha value is -1.10. The van der Waals surface area contributed by atoms with E-state index in [1.54, 1.807) is 19.0 Å². The molecule has 0 aromatic heterocycles. The second-order valence-electron chi connectivity index (χ2n) is 4.86. The molecule has 5 heteroatoms. The Bertz CT molecular complexity index is 289. The molecule has 2 amide bonds. The maximum Gasteiger partial charge on any atom is 0.239 e. The van der Waals surface area contributed by atoms with Crippen LogP contribution < -0.4 is 10.6 Å². The zero-order valence-corrected chi connectivity index (χ0v) is 10.5. The van der Waals surface area contributed by atoms with E-state index < -0.39 is 5.54 Å². The van der Waals surface area contributed by atoms with Crippen LogP contribution in [-0.2, 0) is 9.59 Å². The number of amides is 2. The van der Waals surface area contributed by atoms with Crippen LogP contribution in [0.15, 0.2) is 0 Å². The maximum absolute atomic E-state index is 11.9. The lowest BCUT2D eigenvalue weighted by Crippen LogP contribution is -2.57. The van der Waals surface area contributed by atoms with Crippen molar-refractivity contribution in [1.29, 1.82) is 0 Å². The van der Waals surface area contributed by atoms with Crippen LogP contribution in [0.4, 0.5) is 0 Å². The molecule has 2 N–H and O–H groups in total. The van der Waals surface area contributed by atoms with Crippen molar-refractivity contribution in [2.75, 3.05) is 20.6 Å². The Morgan fingerprint density at radius 2 is 2.12 bits per heavy atom. The quantitative estimate of drug-likeness (QED) is 0.697. The third-order valence-corrected chi connectivity index (χ3v) is 3.15. The van der Waals surface area contributed by atoms with Crippen molar-refractivity contribution in [3.8, 4) is 0 Å². The summed E-state index contributed by atoms with van der Waals surface area (Å²) in [4.78, 5) is 24.8. The standard InChI is InChI=1S/C11H21N3O2/c1-11(2,12-3)10(16)13-8-5-6-9(15)14(4)7-8/h8,12H,5-7H2,1-4H3,(H,13,16). The molecule has 0 radical (unpaired) electrons. The van der Waals surface area contributed by atoms with Gasteiger partial charge in [0.1, 0.15) is 0 Å². The average molecular weight is 227 g/mol. The molecule has 1 rings (SSSR count). The number of likely N-dealkylation sites (tertiary alicyclic amines) is 1. The highest BCUT2D eigenvalue weighted by Crippen LogP contribution is 2.11. The van der Waals surface area contributed by atoms with E-state index >= 15 is 0 Å². The van der Waals surface area contributed by atoms with Crippen molar-refractivity contribution in [2.24, 2.45) is 0 Å². The minimum absolute atomic E-state index is 0.0252. The topological polar surface area (TPSA) is 61.4 Å². The predicted molar refractivity (Wildman–Crippen MR) is 61.9 cm³/mol. The van der Waals surface area contributed by atoms with Gasteiger partial charge in [-0.15, -0.1) is 0 Å². The Balaban J connectivity index is 2.50. The van der Waals surface area contributed by atoms with E-state index in [1.807, 2.05) is 13.8 Å². The molecule has 0 spiro atoms. The van der Waals surface area contributed by atoms with Crippen molar-refractivity contribution in [3.63, 3.8) is 0 Å². The minimum Gasteiger partial charge on any atom is -0.350 e. The Labute approximate surface area is 96.6 Å². The Morgan fingerprint density at radius 1 is 1.50 bits per heavy atom. The van der Waals surface area contributed by atoms with Crippen LogP contribution in [0.1, 0.15) is 26.7 Å². The van der Waals surface area contributed by atoms with Gasteiger partial charge in [-0.1, -0.05) is 0 Å². The fraction of sp³-hybridized carbons (Fsp3) is 0.818. The summed E-state index contributed by atoms with van der Waals surface area (Å²) in [5.41, 5.74) is -0.569. The molecule has 1 saturated heterocycles. The summed E-state index contributed by atoms with van der Waals surface area (Å²) in [5, 5.41) is 5.92. The number of nitrogens with one attached hydrogen (secondary N) is 2. The van der Waals surface area contributed by atoms with Crippen LogP contribution >= 0.6 is 0 Å². The van der Waals surface area contributed by atoms with Crippen molar-refractivity contribution < 1.29 is 9.59 Å². The third-order valence-electron chi connectivity index (χ3n) is 3.15. The first-order chi connectivity index (χ1) is 7.36. The van der Waals surface area contributed by atoms with Gasteiger partial charge in [-0.25, -0.2) is 0 Å². The highest BCUT2D eigenvalue weighted by atomic mass is 16.2. The smallest absolute Gasteiger partial charge is 0.239 e. The van der Waals surface area contributed by atoms with E-state index in [9.17, 15) is 9.59 Å². The summed E-state index contributed by atoms with van der Waals surface area (Å²) < 4.78 is 0. The van der Waals surface area contributed by atoms with Crippen molar-refractivity contribution in [2.45, 2.75) is 38.3 Å². The Morgan fingerprint density at radius 3 is 2.62 bits per heavy atom. The normalized spacial score (nSPS) is 22.1. The summed E-state index contributed by atoms with van der Waals surface area (Å²) in [7, 11) is 3.53. The van der Waals surface area contributed by atoms with Crippen LogP contribution in [0, 0.1) is 0 Å². The molecule has 1 aliphatic heterocycles. The number of nitrogens with zero attached hydrogens (tertiary/aromatic N) is 1. The van der Waals surface area contributed by atoms with Gasteiger partial charge in [0.2, 0.25) is 11.8 Å². The highest BCUT2D eigenvalue weighted by molar-refractivity contribution is 5.86. The first-order valence-electron chi connectivity index (χ1n) is 5.60. The van der Waals surface area contributed by atoms with Gasteiger partial charge in [0.15, 0.2) is 0 Å². The first kappa shape index (κ1) is 13.0. The summed E-state index contributed by atoms with van der Waals surface area (Å²) in [6, 6.07) is 0.0721. The van der Waals surface area contributed by atoms with Gasteiger partial charge in [-0.05, 0) is 27.3 Å². The van der Waals surface area contributed by atoms with E-state index in [1.165, 1.54) is 0 Å². The van der Waals surface area contributed by atoms with Gasteiger partial charge < -0.3 is 15.5 Å². The summed E-state index contributed by atoms with van der Waals surface area (Å²) >= 11 is 0. The SMILES string of the molecule is CNC(C)(C)C(=O)NC1CCC(=O)N(C)C1. The minimum atomic E-state index is -0.569. The number of piperidine rings is 1. The van der Waals surface area contributed by atoms with Crippen molar-refractivity contribution in [1.82, 2.24) is 15.5 Å². The van der Waals surface area contributed by atoms with Crippen LogP contribution in [0.25, 0.3) is 0 Å². The zero-order chi connectivity index (χ0) is 12.3. The van der Waals surface area contributed by atoms with E-state index in [2.05, 4.69) is 10.6 Å². The number of likely N-dealkylation sites (N-methyl/N-ethyl adjacent to an activating group) is 2. The lowest BCUT2D eigenvalue weighted by Gasteiger charge is -2.32. The predicted octanol–water partition coefficient (Wildman–Crippen LogP) is -0.279. The largest absolute Gasteiger partial charge is 0.350 e. The number of rotatable bonds is 3. The molecule has 1 atom stereocenters.